The Hall–Kier alpha value is -2.46. The molecule has 0 aliphatic carbocycles. The average molecular weight is 278 g/mol. The van der Waals surface area contributed by atoms with Crippen molar-refractivity contribution in [2.24, 2.45) is 0 Å². The predicted molar refractivity (Wildman–Crippen MR) is 83.5 cm³/mol. The molecule has 0 unspecified atom stereocenters. The molecule has 0 amide bonds. The van der Waals surface area contributed by atoms with Gasteiger partial charge < -0.3 is 5.32 Å². The van der Waals surface area contributed by atoms with Crippen molar-refractivity contribution >= 4 is 0 Å². The molecule has 2 N–H and O–H groups in total. The first kappa shape index (κ1) is 13.5. The molecule has 3 aromatic rings. The van der Waals surface area contributed by atoms with Crippen LogP contribution in [0.25, 0.3) is 11.3 Å². The minimum absolute atomic E-state index is 0.270. The first-order valence-corrected chi connectivity index (χ1v) is 7.05. The highest BCUT2D eigenvalue weighted by Gasteiger charge is 2.09. The Morgan fingerprint density at radius 3 is 2.62 bits per heavy atom. The number of H-pyrrole nitrogens is 1. The first-order chi connectivity index (χ1) is 10.3. The van der Waals surface area contributed by atoms with Crippen LogP contribution in [0.1, 0.15) is 24.1 Å². The highest BCUT2D eigenvalue weighted by molar-refractivity contribution is 5.62. The van der Waals surface area contributed by atoms with Crippen molar-refractivity contribution in [3.63, 3.8) is 0 Å². The molecule has 0 aliphatic rings. The maximum absolute atomic E-state index is 4.17. The number of hydrogen-bond acceptors (Lipinski definition) is 3. The number of hydrogen-bond donors (Lipinski definition) is 2. The number of benzene rings is 1. The molecule has 21 heavy (non-hydrogen) atoms. The van der Waals surface area contributed by atoms with E-state index in [1.807, 2.05) is 48.9 Å². The Morgan fingerprint density at radius 1 is 1.10 bits per heavy atom. The molecule has 1 aromatic carbocycles. The zero-order valence-corrected chi connectivity index (χ0v) is 12.0. The zero-order valence-electron chi connectivity index (χ0n) is 12.0. The summed E-state index contributed by atoms with van der Waals surface area (Å²) in [5.74, 6) is 0. The van der Waals surface area contributed by atoms with E-state index in [-0.39, 0.29) is 6.04 Å². The van der Waals surface area contributed by atoms with Crippen LogP contribution in [0, 0.1) is 0 Å². The van der Waals surface area contributed by atoms with Crippen LogP contribution in [0.3, 0.4) is 0 Å². The first-order valence-electron chi connectivity index (χ1n) is 7.05. The summed E-state index contributed by atoms with van der Waals surface area (Å²) < 4.78 is 0. The fraction of sp³-hybridized carbons (Fsp3) is 0.176. The van der Waals surface area contributed by atoms with Crippen LogP contribution in [0.15, 0.2) is 61.1 Å². The highest BCUT2D eigenvalue weighted by atomic mass is 15.1. The van der Waals surface area contributed by atoms with Gasteiger partial charge in [-0.05, 0) is 30.2 Å². The summed E-state index contributed by atoms with van der Waals surface area (Å²) >= 11 is 0. The van der Waals surface area contributed by atoms with Gasteiger partial charge in [-0.2, -0.15) is 5.10 Å². The van der Waals surface area contributed by atoms with Crippen LogP contribution in [-0.4, -0.2) is 15.2 Å². The van der Waals surface area contributed by atoms with E-state index in [2.05, 4.69) is 39.6 Å². The maximum atomic E-state index is 4.17. The zero-order chi connectivity index (χ0) is 14.5. The third-order valence-corrected chi connectivity index (χ3v) is 3.59. The van der Waals surface area contributed by atoms with Crippen molar-refractivity contribution in [1.29, 1.82) is 0 Å². The quantitative estimate of drug-likeness (QED) is 0.752. The monoisotopic (exact) mass is 278 g/mol. The third kappa shape index (κ3) is 3.17. The Labute approximate surface area is 124 Å². The number of nitrogens with zero attached hydrogens (tertiary/aromatic N) is 2. The molecule has 4 nitrogen and oxygen atoms in total. The van der Waals surface area contributed by atoms with Crippen LogP contribution in [-0.2, 0) is 6.54 Å². The average Bonchev–Trinajstić information content (AvgIpc) is 3.03. The summed E-state index contributed by atoms with van der Waals surface area (Å²) in [6.07, 6.45) is 5.52. The molecule has 4 heteroatoms. The molecule has 0 radical (unpaired) electrons. The van der Waals surface area contributed by atoms with Crippen molar-refractivity contribution < 1.29 is 0 Å². The number of nitrogens with one attached hydrogen (secondary N) is 2. The van der Waals surface area contributed by atoms with Gasteiger partial charge in [-0.3, -0.25) is 10.1 Å². The molecule has 0 fully saturated rings. The maximum Gasteiger partial charge on any atom is 0.0695 e. The Kier molecular flexibility index (Phi) is 4.07. The summed E-state index contributed by atoms with van der Waals surface area (Å²) in [4.78, 5) is 4.05. The molecule has 2 aromatic heterocycles. The van der Waals surface area contributed by atoms with Gasteiger partial charge in [0.15, 0.2) is 0 Å². The van der Waals surface area contributed by atoms with Crippen molar-refractivity contribution in [1.82, 2.24) is 20.5 Å². The molecule has 0 saturated heterocycles. The summed E-state index contributed by atoms with van der Waals surface area (Å²) in [5.41, 5.74) is 4.63. The molecule has 0 saturated carbocycles. The van der Waals surface area contributed by atoms with Crippen molar-refractivity contribution in [3.8, 4) is 11.3 Å². The van der Waals surface area contributed by atoms with E-state index in [9.17, 15) is 0 Å². The number of rotatable bonds is 5. The minimum Gasteiger partial charge on any atom is -0.306 e. The Morgan fingerprint density at radius 2 is 1.86 bits per heavy atom. The van der Waals surface area contributed by atoms with E-state index in [4.69, 9.17) is 0 Å². The number of aromatic amines is 1. The molecule has 3 rings (SSSR count). The number of aromatic nitrogens is 3. The van der Waals surface area contributed by atoms with Gasteiger partial charge >= 0.3 is 0 Å². The van der Waals surface area contributed by atoms with E-state index in [1.165, 1.54) is 11.1 Å². The van der Waals surface area contributed by atoms with Crippen LogP contribution in [0.2, 0.25) is 0 Å². The molecular weight excluding hydrogens is 260 g/mol. The Balaban J connectivity index is 1.71. The van der Waals surface area contributed by atoms with Crippen LogP contribution < -0.4 is 5.32 Å². The highest BCUT2D eigenvalue weighted by Crippen LogP contribution is 2.21. The van der Waals surface area contributed by atoms with E-state index < -0.39 is 0 Å². The smallest absolute Gasteiger partial charge is 0.0695 e. The van der Waals surface area contributed by atoms with E-state index in [0.717, 1.165) is 17.8 Å². The lowest BCUT2D eigenvalue weighted by atomic mass is 10.1. The normalized spacial score (nSPS) is 12.2. The van der Waals surface area contributed by atoms with Gasteiger partial charge in [0.05, 0.1) is 11.9 Å². The topological polar surface area (TPSA) is 53.6 Å². The molecular formula is C17H18N4. The van der Waals surface area contributed by atoms with Gasteiger partial charge in [-0.1, -0.05) is 30.3 Å². The summed E-state index contributed by atoms with van der Waals surface area (Å²) in [6, 6.07) is 14.6. The molecule has 106 valence electrons. The summed E-state index contributed by atoms with van der Waals surface area (Å²) in [7, 11) is 0. The van der Waals surface area contributed by atoms with Gasteiger partial charge in [0, 0.05) is 30.5 Å². The second-order valence-electron chi connectivity index (χ2n) is 5.02. The molecule has 0 spiro atoms. The standard InChI is InChI=1S/C17H18N4/c1-13(14-7-9-18-10-8-14)19-11-16-12-20-21-17(16)15-5-3-2-4-6-15/h2-10,12-13,19H,11H2,1H3,(H,20,21)/t13-/m1/s1. The summed E-state index contributed by atoms with van der Waals surface area (Å²) in [6.45, 7) is 2.92. The van der Waals surface area contributed by atoms with Crippen molar-refractivity contribution in [2.45, 2.75) is 19.5 Å². The van der Waals surface area contributed by atoms with Gasteiger partial charge in [-0.25, -0.2) is 0 Å². The lowest BCUT2D eigenvalue weighted by Gasteiger charge is -2.14. The second-order valence-corrected chi connectivity index (χ2v) is 5.02. The molecule has 1 atom stereocenters. The van der Waals surface area contributed by atoms with Crippen LogP contribution >= 0.6 is 0 Å². The van der Waals surface area contributed by atoms with E-state index in [1.54, 1.807) is 0 Å². The van der Waals surface area contributed by atoms with Crippen LogP contribution in [0.4, 0.5) is 0 Å². The van der Waals surface area contributed by atoms with Crippen LogP contribution in [0.5, 0.6) is 0 Å². The van der Waals surface area contributed by atoms with Gasteiger partial charge in [0.1, 0.15) is 0 Å². The van der Waals surface area contributed by atoms with Crippen molar-refractivity contribution in [3.05, 3.63) is 72.2 Å². The van der Waals surface area contributed by atoms with E-state index in [0.29, 0.717) is 0 Å². The van der Waals surface area contributed by atoms with Gasteiger partial charge in [0.25, 0.3) is 0 Å². The third-order valence-electron chi connectivity index (χ3n) is 3.59. The van der Waals surface area contributed by atoms with Gasteiger partial charge in [-0.15, -0.1) is 0 Å². The minimum atomic E-state index is 0.270. The predicted octanol–water partition coefficient (Wildman–Crippen LogP) is 3.32. The SMILES string of the molecule is C[C@@H](NCc1cn[nH]c1-c1ccccc1)c1ccncc1. The number of pyridine rings is 1. The lowest BCUT2D eigenvalue weighted by Crippen LogP contribution is -2.18. The summed E-state index contributed by atoms with van der Waals surface area (Å²) in [5, 5.41) is 10.8. The van der Waals surface area contributed by atoms with Crippen molar-refractivity contribution in [2.75, 3.05) is 0 Å². The van der Waals surface area contributed by atoms with E-state index >= 15 is 0 Å². The molecule has 2 heterocycles. The largest absolute Gasteiger partial charge is 0.306 e. The Bertz CT molecular complexity index is 676. The molecule has 0 bridgehead atoms. The lowest BCUT2D eigenvalue weighted by molar-refractivity contribution is 0.575. The van der Waals surface area contributed by atoms with Gasteiger partial charge in [0.2, 0.25) is 0 Å². The fourth-order valence-electron chi connectivity index (χ4n) is 2.33. The molecule has 0 aliphatic heterocycles. The fourth-order valence-corrected chi connectivity index (χ4v) is 2.33. The second kappa shape index (κ2) is 6.33.